The molecule has 90 valence electrons. The van der Waals surface area contributed by atoms with Crippen molar-refractivity contribution in [2.45, 2.75) is 12.8 Å². The number of nitrogens with zero attached hydrogens (tertiary/aromatic N) is 2. The van der Waals surface area contributed by atoms with Crippen LogP contribution in [-0.4, -0.2) is 21.9 Å². The average Bonchev–Trinajstić information content (AvgIpc) is 2.67. The molecule has 0 bridgehead atoms. The minimum absolute atomic E-state index is 0.0960. The highest BCUT2D eigenvalue weighted by molar-refractivity contribution is 5.93. The number of rotatable bonds is 5. The highest BCUT2D eigenvalue weighted by Gasteiger charge is 2.16. The van der Waals surface area contributed by atoms with Crippen molar-refractivity contribution in [2.75, 3.05) is 6.54 Å². The van der Waals surface area contributed by atoms with E-state index in [0.717, 1.165) is 0 Å². The van der Waals surface area contributed by atoms with E-state index >= 15 is 0 Å². The summed E-state index contributed by atoms with van der Waals surface area (Å²) in [5, 5.41) is 13.2. The third-order valence-electron chi connectivity index (χ3n) is 2.22. The fourth-order valence-corrected chi connectivity index (χ4v) is 1.36. The molecule has 0 spiro atoms. The Morgan fingerprint density at radius 3 is 2.94 bits per heavy atom. The maximum absolute atomic E-state index is 11.7. The summed E-state index contributed by atoms with van der Waals surface area (Å²) in [6.07, 6.45) is 7.66. The number of hydrogen-bond donors (Lipinski definition) is 1. The second kappa shape index (κ2) is 5.70. The van der Waals surface area contributed by atoms with Crippen LogP contribution >= 0.6 is 0 Å². The molecule has 1 N–H and O–H groups in total. The summed E-state index contributed by atoms with van der Waals surface area (Å²) in [7, 11) is 1.59. The van der Waals surface area contributed by atoms with Gasteiger partial charge in [0, 0.05) is 26.1 Å². The first-order valence-electron chi connectivity index (χ1n) is 5.08. The SMILES string of the molecule is C#CCCCNC(=O)c1cc([N+](=O)[O-])cn1C. The zero-order valence-electron chi connectivity index (χ0n) is 9.47. The van der Waals surface area contributed by atoms with E-state index < -0.39 is 4.92 Å². The first-order chi connectivity index (χ1) is 8.06. The van der Waals surface area contributed by atoms with E-state index in [9.17, 15) is 14.9 Å². The van der Waals surface area contributed by atoms with Crippen molar-refractivity contribution in [3.05, 3.63) is 28.1 Å². The van der Waals surface area contributed by atoms with Gasteiger partial charge in [-0.25, -0.2) is 0 Å². The maximum atomic E-state index is 11.7. The molecule has 0 fully saturated rings. The number of nitro groups is 1. The molecule has 0 aliphatic carbocycles. The fraction of sp³-hybridized carbons (Fsp3) is 0.364. The first-order valence-corrected chi connectivity index (χ1v) is 5.08. The molecule has 0 aromatic carbocycles. The van der Waals surface area contributed by atoms with Crippen LogP contribution in [0.4, 0.5) is 5.69 Å². The summed E-state index contributed by atoms with van der Waals surface area (Å²) < 4.78 is 1.43. The summed E-state index contributed by atoms with van der Waals surface area (Å²) in [6, 6.07) is 1.25. The molecule has 0 aliphatic heterocycles. The number of carbonyl (C=O) groups excluding carboxylic acids is 1. The molecule has 1 amide bonds. The van der Waals surface area contributed by atoms with Crippen LogP contribution in [0.25, 0.3) is 0 Å². The van der Waals surface area contributed by atoms with Gasteiger partial charge in [-0.2, -0.15) is 0 Å². The maximum Gasteiger partial charge on any atom is 0.287 e. The summed E-state index contributed by atoms with van der Waals surface area (Å²) in [5.74, 6) is 2.13. The minimum atomic E-state index is -0.533. The zero-order valence-corrected chi connectivity index (χ0v) is 9.47. The lowest BCUT2D eigenvalue weighted by Crippen LogP contribution is -2.26. The molecule has 6 nitrogen and oxygen atoms in total. The topological polar surface area (TPSA) is 77.2 Å². The second-order valence-electron chi connectivity index (χ2n) is 3.52. The van der Waals surface area contributed by atoms with Crippen LogP contribution in [0.2, 0.25) is 0 Å². The van der Waals surface area contributed by atoms with Gasteiger partial charge in [0.2, 0.25) is 0 Å². The monoisotopic (exact) mass is 235 g/mol. The Bertz CT molecular complexity index is 471. The molecule has 1 heterocycles. The van der Waals surface area contributed by atoms with Crippen LogP contribution in [0, 0.1) is 22.5 Å². The third kappa shape index (κ3) is 3.34. The molecule has 0 unspecified atom stereocenters. The van der Waals surface area contributed by atoms with E-state index in [1.165, 1.54) is 16.8 Å². The van der Waals surface area contributed by atoms with Crippen LogP contribution in [0.1, 0.15) is 23.3 Å². The molecule has 1 aromatic rings. The normalized spacial score (nSPS) is 9.65. The molecular formula is C11H13N3O3. The van der Waals surface area contributed by atoms with Gasteiger partial charge >= 0.3 is 0 Å². The van der Waals surface area contributed by atoms with Crippen LogP contribution in [0.5, 0.6) is 0 Å². The first kappa shape index (κ1) is 12.8. The van der Waals surface area contributed by atoms with Crippen LogP contribution < -0.4 is 5.32 Å². The predicted molar refractivity (Wildman–Crippen MR) is 62.5 cm³/mol. The van der Waals surface area contributed by atoms with E-state index in [0.29, 0.717) is 19.4 Å². The standard InChI is InChI=1S/C11H13N3O3/c1-3-4-5-6-12-11(15)10-7-9(14(16)17)8-13(10)2/h1,7-8H,4-6H2,2H3,(H,12,15). The van der Waals surface area contributed by atoms with E-state index in [1.807, 2.05) is 0 Å². The third-order valence-corrected chi connectivity index (χ3v) is 2.22. The predicted octanol–water partition coefficient (Wildman–Crippen LogP) is 1.08. The van der Waals surface area contributed by atoms with Crippen molar-refractivity contribution >= 4 is 11.6 Å². The average molecular weight is 235 g/mol. The van der Waals surface area contributed by atoms with Crippen molar-refractivity contribution in [3.63, 3.8) is 0 Å². The number of carbonyl (C=O) groups is 1. The van der Waals surface area contributed by atoms with Gasteiger partial charge in [-0.15, -0.1) is 12.3 Å². The number of amides is 1. The summed E-state index contributed by atoms with van der Waals surface area (Å²) in [5.41, 5.74) is 0.165. The lowest BCUT2D eigenvalue weighted by molar-refractivity contribution is -0.384. The van der Waals surface area contributed by atoms with E-state index in [-0.39, 0.29) is 17.3 Å². The molecule has 6 heteroatoms. The van der Waals surface area contributed by atoms with Crippen molar-refractivity contribution in [3.8, 4) is 12.3 Å². The lowest BCUT2D eigenvalue weighted by atomic mass is 10.3. The molecule has 17 heavy (non-hydrogen) atoms. The fourth-order valence-electron chi connectivity index (χ4n) is 1.36. The van der Waals surface area contributed by atoms with E-state index in [2.05, 4.69) is 11.2 Å². The summed E-state index contributed by atoms with van der Waals surface area (Å²) in [6.45, 7) is 0.460. The molecule has 0 radical (unpaired) electrons. The van der Waals surface area contributed by atoms with Gasteiger partial charge in [0.05, 0.1) is 11.1 Å². The second-order valence-corrected chi connectivity index (χ2v) is 3.52. The summed E-state index contributed by atoms with van der Waals surface area (Å²) >= 11 is 0. The Morgan fingerprint density at radius 1 is 1.71 bits per heavy atom. The quantitative estimate of drug-likeness (QED) is 0.359. The van der Waals surface area contributed by atoms with Crippen LogP contribution in [0.15, 0.2) is 12.3 Å². The number of hydrogen-bond acceptors (Lipinski definition) is 3. The molecular weight excluding hydrogens is 222 g/mol. The molecule has 0 saturated carbocycles. The van der Waals surface area contributed by atoms with Crippen molar-refractivity contribution in [1.82, 2.24) is 9.88 Å². The highest BCUT2D eigenvalue weighted by atomic mass is 16.6. The van der Waals surface area contributed by atoms with Gasteiger partial charge in [-0.05, 0) is 6.42 Å². The van der Waals surface area contributed by atoms with Gasteiger partial charge in [0.15, 0.2) is 0 Å². The van der Waals surface area contributed by atoms with Crippen molar-refractivity contribution in [2.24, 2.45) is 7.05 Å². The molecule has 0 aliphatic rings. The molecule has 1 aromatic heterocycles. The Labute approximate surface area is 98.8 Å². The van der Waals surface area contributed by atoms with Crippen LogP contribution in [-0.2, 0) is 7.05 Å². The van der Waals surface area contributed by atoms with Gasteiger partial charge in [0.25, 0.3) is 11.6 Å². The lowest BCUT2D eigenvalue weighted by Gasteiger charge is -2.03. The minimum Gasteiger partial charge on any atom is -0.351 e. The van der Waals surface area contributed by atoms with Crippen molar-refractivity contribution < 1.29 is 9.72 Å². The largest absolute Gasteiger partial charge is 0.351 e. The van der Waals surface area contributed by atoms with Crippen molar-refractivity contribution in [1.29, 1.82) is 0 Å². The van der Waals surface area contributed by atoms with Gasteiger partial charge in [-0.3, -0.25) is 14.9 Å². The number of aryl methyl sites for hydroxylation is 1. The number of nitrogens with one attached hydrogen (secondary N) is 1. The zero-order chi connectivity index (χ0) is 12.8. The summed E-state index contributed by atoms with van der Waals surface area (Å²) in [4.78, 5) is 21.7. The Kier molecular flexibility index (Phi) is 4.29. The van der Waals surface area contributed by atoms with E-state index in [1.54, 1.807) is 7.05 Å². The molecule has 1 rings (SSSR count). The molecule has 0 atom stereocenters. The van der Waals surface area contributed by atoms with Gasteiger partial charge < -0.3 is 9.88 Å². The molecule has 0 saturated heterocycles. The van der Waals surface area contributed by atoms with Gasteiger partial charge in [0.1, 0.15) is 5.69 Å². The number of aromatic nitrogens is 1. The number of unbranched alkanes of at least 4 members (excludes halogenated alkanes) is 1. The smallest absolute Gasteiger partial charge is 0.287 e. The highest BCUT2D eigenvalue weighted by Crippen LogP contribution is 2.14. The number of terminal acetylenes is 1. The Hall–Kier alpha value is -2.29. The van der Waals surface area contributed by atoms with Crippen LogP contribution in [0.3, 0.4) is 0 Å². The van der Waals surface area contributed by atoms with Gasteiger partial charge in [-0.1, -0.05) is 0 Å². The van der Waals surface area contributed by atoms with E-state index in [4.69, 9.17) is 6.42 Å². The Balaban J connectivity index is 2.63. The Morgan fingerprint density at radius 2 is 2.41 bits per heavy atom.